The van der Waals surface area contributed by atoms with Gasteiger partial charge in [0, 0.05) is 30.8 Å². The highest BCUT2D eigenvalue weighted by molar-refractivity contribution is 5.64. The lowest BCUT2D eigenvalue weighted by atomic mass is 9.94. The number of allylic oxidation sites excluding steroid dienone is 1. The van der Waals surface area contributed by atoms with E-state index >= 15 is 0 Å². The Morgan fingerprint density at radius 3 is 2.19 bits per heavy atom. The van der Waals surface area contributed by atoms with E-state index in [0.29, 0.717) is 5.56 Å². The molecule has 26 heavy (non-hydrogen) atoms. The summed E-state index contributed by atoms with van der Waals surface area (Å²) in [4.78, 5) is 2.13. The Balaban J connectivity index is 1.76. The van der Waals surface area contributed by atoms with Crippen molar-refractivity contribution >= 4 is 0 Å². The standard InChI is InChI=1S/C24H24FN/c1-18(19(2)26(3)17-20-10-6-4-7-11-20)22-14-15-23(24(25)16-22)21-12-8-5-9-13-21/h4-16,18H,2,17H2,1,3H3/t18-/m0/s1. The highest BCUT2D eigenvalue weighted by Gasteiger charge is 2.16. The Kier molecular flexibility index (Phi) is 5.52. The zero-order chi connectivity index (χ0) is 18.5. The quantitative estimate of drug-likeness (QED) is 0.511. The molecule has 3 rings (SSSR count). The maximum atomic E-state index is 14.7. The van der Waals surface area contributed by atoms with E-state index < -0.39 is 0 Å². The summed E-state index contributed by atoms with van der Waals surface area (Å²) < 4.78 is 14.7. The summed E-state index contributed by atoms with van der Waals surface area (Å²) in [6, 6.07) is 25.4. The van der Waals surface area contributed by atoms with Crippen LogP contribution in [0.1, 0.15) is 24.0 Å². The van der Waals surface area contributed by atoms with Gasteiger partial charge in [0.05, 0.1) is 0 Å². The van der Waals surface area contributed by atoms with Crippen molar-refractivity contribution in [1.29, 1.82) is 0 Å². The van der Waals surface area contributed by atoms with Gasteiger partial charge < -0.3 is 4.90 Å². The van der Waals surface area contributed by atoms with Crippen molar-refractivity contribution in [2.75, 3.05) is 7.05 Å². The van der Waals surface area contributed by atoms with E-state index in [0.717, 1.165) is 23.4 Å². The zero-order valence-corrected chi connectivity index (χ0v) is 15.3. The maximum Gasteiger partial charge on any atom is 0.131 e. The molecule has 0 N–H and O–H groups in total. The van der Waals surface area contributed by atoms with Crippen molar-refractivity contribution < 1.29 is 4.39 Å². The Morgan fingerprint density at radius 2 is 1.58 bits per heavy atom. The Hall–Kier alpha value is -2.87. The molecule has 3 aromatic carbocycles. The van der Waals surface area contributed by atoms with Crippen molar-refractivity contribution in [3.05, 3.63) is 108 Å². The second-order valence-corrected chi connectivity index (χ2v) is 6.66. The molecule has 0 aromatic heterocycles. The Bertz CT molecular complexity index is 871. The molecule has 132 valence electrons. The van der Waals surface area contributed by atoms with Gasteiger partial charge >= 0.3 is 0 Å². The first-order valence-electron chi connectivity index (χ1n) is 8.85. The highest BCUT2D eigenvalue weighted by atomic mass is 19.1. The zero-order valence-electron chi connectivity index (χ0n) is 15.3. The molecule has 0 aliphatic heterocycles. The second kappa shape index (κ2) is 8.01. The van der Waals surface area contributed by atoms with E-state index in [2.05, 4.69) is 30.5 Å². The molecule has 0 aliphatic carbocycles. The average Bonchev–Trinajstić information content (AvgIpc) is 2.68. The minimum atomic E-state index is -0.195. The number of benzene rings is 3. The molecule has 1 nitrogen and oxygen atoms in total. The van der Waals surface area contributed by atoms with Crippen molar-refractivity contribution in [1.82, 2.24) is 4.90 Å². The number of likely N-dealkylation sites (N-methyl/N-ethyl adjacent to an activating group) is 1. The normalized spacial score (nSPS) is 11.8. The van der Waals surface area contributed by atoms with E-state index in [1.54, 1.807) is 6.07 Å². The van der Waals surface area contributed by atoms with Crippen LogP contribution in [0.25, 0.3) is 11.1 Å². The molecule has 0 fully saturated rings. The lowest BCUT2D eigenvalue weighted by Gasteiger charge is -2.27. The summed E-state index contributed by atoms with van der Waals surface area (Å²) in [6.45, 7) is 7.10. The van der Waals surface area contributed by atoms with E-state index in [1.165, 1.54) is 5.56 Å². The van der Waals surface area contributed by atoms with Gasteiger partial charge in [-0.15, -0.1) is 0 Å². The van der Waals surface area contributed by atoms with Crippen LogP contribution in [0.2, 0.25) is 0 Å². The van der Waals surface area contributed by atoms with Gasteiger partial charge in [0.1, 0.15) is 5.82 Å². The smallest absolute Gasteiger partial charge is 0.131 e. The van der Waals surface area contributed by atoms with Gasteiger partial charge in [-0.25, -0.2) is 4.39 Å². The molecule has 3 aromatic rings. The lowest BCUT2D eigenvalue weighted by Crippen LogP contribution is -2.20. The molecule has 0 unspecified atom stereocenters. The van der Waals surface area contributed by atoms with E-state index in [-0.39, 0.29) is 11.7 Å². The Morgan fingerprint density at radius 1 is 0.962 bits per heavy atom. The van der Waals surface area contributed by atoms with Crippen LogP contribution in [0, 0.1) is 5.82 Å². The van der Waals surface area contributed by atoms with Gasteiger partial charge in [-0.05, 0) is 22.8 Å². The van der Waals surface area contributed by atoms with Crippen LogP contribution in [-0.2, 0) is 6.54 Å². The third-order valence-electron chi connectivity index (χ3n) is 4.83. The van der Waals surface area contributed by atoms with E-state index in [1.807, 2.05) is 67.7 Å². The number of halogens is 1. The van der Waals surface area contributed by atoms with Gasteiger partial charge in [-0.3, -0.25) is 0 Å². The topological polar surface area (TPSA) is 3.24 Å². The number of rotatable bonds is 6. The first-order chi connectivity index (χ1) is 12.6. The van der Waals surface area contributed by atoms with Crippen LogP contribution >= 0.6 is 0 Å². The minimum Gasteiger partial charge on any atom is -0.374 e. The molecule has 0 amide bonds. The molecule has 0 radical (unpaired) electrons. The first-order valence-corrected chi connectivity index (χ1v) is 8.85. The van der Waals surface area contributed by atoms with Crippen LogP contribution in [0.3, 0.4) is 0 Å². The minimum absolute atomic E-state index is 0.0445. The van der Waals surface area contributed by atoms with Crippen molar-refractivity contribution in [3.63, 3.8) is 0 Å². The molecule has 0 bridgehead atoms. The maximum absolute atomic E-state index is 14.7. The number of hydrogen-bond acceptors (Lipinski definition) is 1. The van der Waals surface area contributed by atoms with E-state index in [9.17, 15) is 4.39 Å². The SMILES string of the molecule is C=C([C@H](C)c1ccc(-c2ccccc2)c(F)c1)N(C)Cc1ccccc1. The van der Waals surface area contributed by atoms with Gasteiger partial charge in [-0.2, -0.15) is 0 Å². The van der Waals surface area contributed by atoms with E-state index in [4.69, 9.17) is 0 Å². The predicted molar refractivity (Wildman–Crippen MR) is 107 cm³/mol. The number of hydrogen-bond donors (Lipinski definition) is 0. The molecule has 0 heterocycles. The lowest BCUT2D eigenvalue weighted by molar-refractivity contribution is 0.387. The van der Waals surface area contributed by atoms with Gasteiger partial charge in [0.2, 0.25) is 0 Å². The predicted octanol–water partition coefficient (Wildman–Crippen LogP) is 6.24. The molecule has 0 saturated carbocycles. The first kappa shape index (κ1) is 17.9. The molecular weight excluding hydrogens is 321 g/mol. The molecule has 0 aliphatic rings. The fourth-order valence-corrected chi connectivity index (χ4v) is 3.13. The summed E-state index contributed by atoms with van der Waals surface area (Å²) in [5, 5.41) is 0. The second-order valence-electron chi connectivity index (χ2n) is 6.66. The Labute approximate surface area is 155 Å². The summed E-state index contributed by atoms with van der Waals surface area (Å²) in [5.74, 6) is -0.151. The van der Waals surface area contributed by atoms with Gasteiger partial charge in [0.25, 0.3) is 0 Å². The summed E-state index contributed by atoms with van der Waals surface area (Å²) >= 11 is 0. The molecule has 0 saturated heterocycles. The summed E-state index contributed by atoms with van der Waals surface area (Å²) in [6.07, 6.45) is 0. The number of nitrogens with zero attached hydrogens (tertiary/aromatic N) is 1. The third-order valence-corrected chi connectivity index (χ3v) is 4.83. The van der Waals surface area contributed by atoms with Crippen LogP contribution in [-0.4, -0.2) is 11.9 Å². The van der Waals surface area contributed by atoms with Crippen molar-refractivity contribution in [2.24, 2.45) is 0 Å². The summed E-state index contributed by atoms with van der Waals surface area (Å²) in [7, 11) is 2.03. The van der Waals surface area contributed by atoms with Gasteiger partial charge in [-0.1, -0.05) is 86.3 Å². The third kappa shape index (κ3) is 4.02. The van der Waals surface area contributed by atoms with Crippen LogP contribution in [0.4, 0.5) is 4.39 Å². The fourth-order valence-electron chi connectivity index (χ4n) is 3.13. The van der Waals surface area contributed by atoms with Crippen molar-refractivity contribution in [3.8, 4) is 11.1 Å². The fraction of sp³-hybridized carbons (Fsp3) is 0.167. The molecule has 2 heteroatoms. The highest BCUT2D eigenvalue weighted by Crippen LogP contribution is 2.30. The monoisotopic (exact) mass is 345 g/mol. The van der Waals surface area contributed by atoms with Gasteiger partial charge in [0.15, 0.2) is 0 Å². The van der Waals surface area contributed by atoms with Crippen LogP contribution in [0.15, 0.2) is 91.1 Å². The average molecular weight is 345 g/mol. The van der Waals surface area contributed by atoms with Crippen LogP contribution in [0.5, 0.6) is 0 Å². The summed E-state index contributed by atoms with van der Waals surface area (Å²) in [5.41, 5.74) is 4.66. The molecule has 1 atom stereocenters. The molecular formula is C24H24FN. The van der Waals surface area contributed by atoms with Crippen LogP contribution < -0.4 is 0 Å². The molecule has 0 spiro atoms. The largest absolute Gasteiger partial charge is 0.374 e. The van der Waals surface area contributed by atoms with Crippen molar-refractivity contribution in [2.45, 2.75) is 19.4 Å².